The number of carbonyl (C=O) groups is 4. The lowest BCUT2D eigenvalue weighted by molar-refractivity contribution is -0.661. The maximum absolute atomic E-state index is 13.5. The summed E-state index contributed by atoms with van der Waals surface area (Å²) in [5.74, 6) is -4.22. The van der Waals surface area contributed by atoms with Crippen LogP contribution in [0.2, 0.25) is 0 Å². The number of amides is 1. The van der Waals surface area contributed by atoms with E-state index >= 15 is 0 Å². The molecular weight excluding hydrogens is 675 g/mol. The summed E-state index contributed by atoms with van der Waals surface area (Å²) in [5, 5.41) is 32.1. The molecule has 0 saturated carbocycles. The number of hydrogen-bond acceptors (Lipinski definition) is 11. The van der Waals surface area contributed by atoms with Crippen LogP contribution in [0.25, 0.3) is 5.65 Å². The molecule has 0 spiro atoms. The average molecular weight is 707 g/mol. The first-order valence-corrected chi connectivity index (χ1v) is 16.8. The van der Waals surface area contributed by atoms with Crippen molar-refractivity contribution in [2.75, 3.05) is 11.5 Å². The van der Waals surface area contributed by atoms with Gasteiger partial charge < -0.3 is 26.5 Å². The molecule has 6 rings (SSSR count). The molecule has 16 nitrogen and oxygen atoms in total. The predicted octanol–water partition coefficient (Wildman–Crippen LogP) is 1.51. The van der Waals surface area contributed by atoms with E-state index in [4.69, 9.17) is 21.7 Å². The van der Waals surface area contributed by atoms with E-state index in [0.29, 0.717) is 23.4 Å². The summed E-state index contributed by atoms with van der Waals surface area (Å²) < 4.78 is 5.78. The van der Waals surface area contributed by atoms with Crippen molar-refractivity contribution in [3.05, 3.63) is 82.4 Å². The zero-order valence-electron chi connectivity index (χ0n) is 26.3. The smallest absolute Gasteiger partial charge is 0.352 e. The van der Waals surface area contributed by atoms with E-state index in [9.17, 15) is 29.4 Å². The third-order valence-electron chi connectivity index (χ3n) is 8.23. The molecule has 2 aliphatic heterocycles. The van der Waals surface area contributed by atoms with Crippen LogP contribution >= 0.6 is 23.1 Å². The van der Waals surface area contributed by atoms with Gasteiger partial charge in [-0.15, -0.1) is 27.6 Å². The molecule has 2 aliphatic rings. The molecule has 0 bridgehead atoms. The fourth-order valence-corrected chi connectivity index (χ4v) is 7.51. The van der Waals surface area contributed by atoms with Gasteiger partial charge >= 0.3 is 17.6 Å². The number of fused-ring (bicyclic) bond motifs is 2. The number of Topliss-reactive ketones (excluding diaryl/α,β-unsaturated/α-hetero) is 1. The summed E-state index contributed by atoms with van der Waals surface area (Å²) in [6, 6.07) is 9.32. The number of nitrogens with two attached hydrogens (primary N) is 2. The molecule has 0 radical (unpaired) electrons. The van der Waals surface area contributed by atoms with Crippen LogP contribution in [0.15, 0.2) is 70.7 Å². The van der Waals surface area contributed by atoms with Crippen LogP contribution < -0.4 is 16.0 Å². The second-order valence-corrected chi connectivity index (χ2v) is 14.0. The number of thioether (sulfide) groups is 1. The number of ketones is 1. The van der Waals surface area contributed by atoms with E-state index in [1.54, 1.807) is 12.1 Å². The maximum atomic E-state index is 13.5. The number of β-lactam (4-membered cyclic amide) rings is 1. The van der Waals surface area contributed by atoms with Crippen molar-refractivity contribution in [1.82, 2.24) is 19.1 Å². The van der Waals surface area contributed by atoms with Crippen molar-refractivity contribution in [3.8, 4) is 0 Å². The van der Waals surface area contributed by atoms with Gasteiger partial charge in [-0.05, 0) is 25.0 Å². The quantitative estimate of drug-likeness (QED) is 0.0439. The van der Waals surface area contributed by atoms with Crippen LogP contribution in [0.3, 0.4) is 0 Å². The van der Waals surface area contributed by atoms with E-state index in [0.717, 1.165) is 22.5 Å². The summed E-state index contributed by atoms with van der Waals surface area (Å²) in [7, 11) is 0. The van der Waals surface area contributed by atoms with Crippen LogP contribution in [0.1, 0.15) is 37.1 Å². The minimum absolute atomic E-state index is 0.000739. The molecule has 7 N–H and O–H groups in total. The number of anilines is 1. The first-order chi connectivity index (χ1) is 23.2. The number of oxime groups is 1. The number of nitrogens with zero attached hydrogens (tertiary/aromatic N) is 6. The molecule has 4 aromatic rings. The lowest BCUT2D eigenvalue weighted by Crippen LogP contribution is -2.62. The van der Waals surface area contributed by atoms with Crippen molar-refractivity contribution in [1.29, 1.82) is 5.41 Å². The highest BCUT2D eigenvalue weighted by Crippen LogP contribution is 2.45. The van der Waals surface area contributed by atoms with Crippen LogP contribution in [0.4, 0.5) is 5.13 Å². The number of thiazole rings is 1. The molecule has 3 aromatic heterocycles. The van der Waals surface area contributed by atoms with Crippen LogP contribution in [-0.4, -0.2) is 81.2 Å². The Morgan fingerprint density at radius 1 is 1.18 bits per heavy atom. The summed E-state index contributed by atoms with van der Waals surface area (Å²) in [6.07, 6.45) is 5.30. The van der Waals surface area contributed by atoms with Crippen molar-refractivity contribution in [2.45, 2.75) is 44.3 Å². The molecule has 1 saturated heterocycles. The lowest BCUT2D eigenvalue weighted by Gasteiger charge is -2.49. The van der Waals surface area contributed by atoms with Gasteiger partial charge in [-0.2, -0.15) is 0 Å². The fourth-order valence-electron chi connectivity index (χ4n) is 5.56. The largest absolute Gasteiger partial charge is 0.478 e. The Morgan fingerprint density at radius 2 is 1.92 bits per heavy atom. The number of nitrogens with one attached hydrogen (secondary N) is 1. The third-order valence-corrected chi connectivity index (χ3v) is 10.3. The maximum Gasteiger partial charge on any atom is 0.352 e. The molecule has 2 atom stereocenters. The highest BCUT2D eigenvalue weighted by atomic mass is 32.2. The number of nitrogen functional groups attached to an aromatic ring is 2. The number of aromatic nitrogens is 4. The molecule has 0 aliphatic carbocycles. The van der Waals surface area contributed by atoms with Gasteiger partial charge in [-0.25, -0.2) is 23.8 Å². The number of amidine groups is 1. The summed E-state index contributed by atoms with van der Waals surface area (Å²) in [4.78, 5) is 61.5. The summed E-state index contributed by atoms with van der Waals surface area (Å²) in [5.41, 5.74) is 12.3. The van der Waals surface area contributed by atoms with Crippen LogP contribution in [0.5, 0.6) is 0 Å². The van der Waals surface area contributed by atoms with E-state index in [-0.39, 0.29) is 41.0 Å². The Labute approximate surface area is 286 Å². The Balaban J connectivity index is 1.19. The van der Waals surface area contributed by atoms with Gasteiger partial charge in [0, 0.05) is 23.1 Å². The van der Waals surface area contributed by atoms with Crippen molar-refractivity contribution in [3.63, 3.8) is 0 Å². The van der Waals surface area contributed by atoms with Crippen molar-refractivity contribution >= 4 is 69.1 Å². The van der Waals surface area contributed by atoms with Crippen LogP contribution in [-0.2, 0) is 37.1 Å². The molecule has 1 amide bonds. The molecule has 5 heterocycles. The van der Waals surface area contributed by atoms with Crippen molar-refractivity contribution in [2.24, 2.45) is 16.8 Å². The van der Waals surface area contributed by atoms with Gasteiger partial charge in [0.1, 0.15) is 30.0 Å². The molecule has 254 valence electrons. The third kappa shape index (κ3) is 6.39. The first-order valence-electron chi connectivity index (χ1n) is 14.9. The van der Waals surface area contributed by atoms with Gasteiger partial charge in [0.2, 0.25) is 11.5 Å². The Hall–Kier alpha value is -5.49. The van der Waals surface area contributed by atoms with Gasteiger partial charge in [0.15, 0.2) is 22.8 Å². The molecule has 49 heavy (non-hydrogen) atoms. The standard InChI is InChI=1S/C31H31N9O7S2/c1-31(2,29(45)46)47-36-23(20-15-49-30(34)35-20)21(41)11-19-26(42)40-24(28(43)44)18(14-48-27(19)40)13-38-8-7-22-37(9-10-39(22)38)12-16-3-5-17(6-4-16)25(32)33/h3-10,15,19,27H,11-14H2,1-2H3,(H6-,32,33,34,35,43,44,45,46)/p+1/b36-23-/t19-,27-/m1/s1. The summed E-state index contributed by atoms with van der Waals surface area (Å²) >= 11 is 2.42. The summed E-state index contributed by atoms with van der Waals surface area (Å²) in [6.45, 7) is 3.31. The number of rotatable bonds is 13. The number of hydrogen-bond donors (Lipinski definition) is 5. The van der Waals surface area contributed by atoms with Gasteiger partial charge in [0.25, 0.3) is 0 Å². The molecule has 1 aromatic carbocycles. The highest BCUT2D eigenvalue weighted by molar-refractivity contribution is 8.00. The lowest BCUT2D eigenvalue weighted by atomic mass is 9.89. The van der Waals surface area contributed by atoms with E-state index < -0.39 is 40.5 Å². The predicted molar refractivity (Wildman–Crippen MR) is 179 cm³/mol. The Morgan fingerprint density at radius 3 is 2.55 bits per heavy atom. The average Bonchev–Trinajstić information content (AvgIpc) is 3.78. The number of carbonyl (C=O) groups excluding carboxylic acids is 2. The van der Waals surface area contributed by atoms with Gasteiger partial charge in [-0.3, -0.25) is 19.9 Å². The second-order valence-electron chi connectivity index (χ2n) is 12.0. The SMILES string of the molecule is CC(C)(O/N=C(\C(=O)C[C@@H]1C(=O)N2C(C(=O)O)=C(Cn3ccc4n3cc[n+]4Cc3ccc(C(=N)N)cc3)CS[C@H]12)c1csc(N)n1)C(=O)O. The van der Waals surface area contributed by atoms with E-state index in [1.165, 1.54) is 35.9 Å². The first kappa shape index (κ1) is 33.4. The monoisotopic (exact) mass is 706 g/mol. The number of carboxylic acid groups (broad SMARTS) is 2. The Kier molecular flexibility index (Phi) is 8.76. The normalized spacial score (nSPS) is 18.0. The van der Waals surface area contributed by atoms with Gasteiger partial charge in [0.05, 0.1) is 30.1 Å². The topological polar surface area (TPSA) is 236 Å². The highest BCUT2D eigenvalue weighted by Gasteiger charge is 2.54. The fraction of sp³-hybridized carbons (Fsp3) is 0.290. The molecule has 1 fully saturated rings. The van der Waals surface area contributed by atoms with Crippen molar-refractivity contribution < 1.29 is 38.8 Å². The number of benzene rings is 1. The zero-order valence-corrected chi connectivity index (χ0v) is 27.9. The van der Waals surface area contributed by atoms with E-state index in [1.807, 2.05) is 50.6 Å². The minimum Gasteiger partial charge on any atom is -0.478 e. The zero-order chi connectivity index (χ0) is 35.2. The number of imidazole rings is 1. The molecule has 0 unspecified atom stereocenters. The Bertz CT molecular complexity index is 2080. The minimum atomic E-state index is -1.75. The van der Waals surface area contributed by atoms with E-state index in [2.05, 4.69) is 10.1 Å². The molecular formula is C31H32N9O7S2+. The molecule has 18 heteroatoms. The van der Waals surface area contributed by atoms with Crippen LogP contribution in [0, 0.1) is 11.3 Å². The number of carboxylic acids is 2. The number of aliphatic carboxylic acids is 2. The second kappa shape index (κ2) is 12.8. The van der Waals surface area contributed by atoms with Gasteiger partial charge in [-0.1, -0.05) is 29.4 Å².